The van der Waals surface area contributed by atoms with Crippen LogP contribution in [0, 0.1) is 0 Å². The number of ether oxygens (including phenoxy) is 1. The summed E-state index contributed by atoms with van der Waals surface area (Å²) in [5, 5.41) is 18.8. The number of aliphatic hydroxyl groups is 2. The van der Waals surface area contributed by atoms with Gasteiger partial charge in [0, 0.05) is 36.5 Å². The summed E-state index contributed by atoms with van der Waals surface area (Å²) in [5.41, 5.74) is 3.25. The fourth-order valence-corrected chi connectivity index (χ4v) is 3.22. The summed E-state index contributed by atoms with van der Waals surface area (Å²) >= 11 is 0. The number of benzene rings is 2. The van der Waals surface area contributed by atoms with Crippen molar-refractivity contribution in [2.75, 3.05) is 6.61 Å². The molecule has 0 aliphatic rings. The third-order valence-corrected chi connectivity index (χ3v) is 4.45. The fourth-order valence-electron chi connectivity index (χ4n) is 3.22. The van der Waals surface area contributed by atoms with E-state index >= 15 is 0 Å². The van der Waals surface area contributed by atoms with Crippen LogP contribution >= 0.6 is 0 Å². The highest BCUT2D eigenvalue weighted by Crippen LogP contribution is 2.27. The second-order valence-corrected chi connectivity index (χ2v) is 6.80. The van der Waals surface area contributed by atoms with E-state index in [2.05, 4.69) is 16.7 Å². The van der Waals surface area contributed by atoms with Gasteiger partial charge in [0.1, 0.15) is 11.5 Å². The minimum atomic E-state index is -1.30. The molecule has 1 heterocycles. The van der Waals surface area contributed by atoms with Crippen molar-refractivity contribution < 1.29 is 19.7 Å². The molecule has 5 heteroatoms. The number of ketones is 1. The zero-order valence-electron chi connectivity index (χ0n) is 15.5. The predicted molar refractivity (Wildman–Crippen MR) is 105 cm³/mol. The van der Waals surface area contributed by atoms with E-state index in [1.165, 1.54) is 5.56 Å². The molecule has 0 unspecified atom stereocenters. The van der Waals surface area contributed by atoms with Crippen molar-refractivity contribution >= 4 is 16.7 Å². The Morgan fingerprint density at radius 3 is 2.63 bits per heavy atom. The molecule has 1 aromatic heterocycles. The minimum absolute atomic E-state index is 0.122. The quantitative estimate of drug-likeness (QED) is 0.450. The molecule has 0 saturated heterocycles. The summed E-state index contributed by atoms with van der Waals surface area (Å²) in [6.07, 6.45) is 1.98. The molecule has 0 aliphatic carbocycles. The van der Waals surface area contributed by atoms with E-state index in [1.807, 2.05) is 42.6 Å². The Morgan fingerprint density at radius 2 is 1.93 bits per heavy atom. The lowest BCUT2D eigenvalue weighted by molar-refractivity contribution is -0.116. The first-order valence-corrected chi connectivity index (χ1v) is 9.17. The van der Waals surface area contributed by atoms with Gasteiger partial charge in [-0.2, -0.15) is 0 Å². The van der Waals surface area contributed by atoms with Crippen molar-refractivity contribution in [2.24, 2.45) is 0 Å². The van der Waals surface area contributed by atoms with Crippen LogP contribution in [0.3, 0.4) is 0 Å². The van der Waals surface area contributed by atoms with Gasteiger partial charge in [-0.15, -0.1) is 0 Å². The number of carbonyl (C=O) groups is 1. The molecule has 0 amide bonds. The number of nitrogens with zero attached hydrogens (tertiary/aromatic N) is 1. The topological polar surface area (TPSA) is 71.7 Å². The van der Waals surface area contributed by atoms with Crippen LogP contribution in [0.15, 0.2) is 54.7 Å². The number of aliphatic hydroxyl groups excluding tert-OH is 1. The summed E-state index contributed by atoms with van der Waals surface area (Å²) in [7, 11) is 0. The van der Waals surface area contributed by atoms with Crippen LogP contribution in [-0.4, -0.2) is 33.5 Å². The van der Waals surface area contributed by atoms with Crippen molar-refractivity contribution in [2.45, 2.75) is 39.0 Å². The number of hydrogen-bond acceptors (Lipinski definition) is 4. The highest BCUT2D eigenvalue weighted by Gasteiger charge is 2.12. The third-order valence-electron chi connectivity index (χ3n) is 4.45. The Morgan fingerprint density at radius 1 is 1.15 bits per heavy atom. The van der Waals surface area contributed by atoms with Crippen molar-refractivity contribution in [1.29, 1.82) is 0 Å². The van der Waals surface area contributed by atoms with Gasteiger partial charge in [0.25, 0.3) is 0 Å². The maximum absolute atomic E-state index is 11.7. The van der Waals surface area contributed by atoms with E-state index in [-0.39, 0.29) is 12.2 Å². The number of aromatic nitrogens is 1. The average Bonchev–Trinajstić information content (AvgIpc) is 2.96. The van der Waals surface area contributed by atoms with Crippen LogP contribution in [0.5, 0.6) is 5.75 Å². The first-order chi connectivity index (χ1) is 13.0. The van der Waals surface area contributed by atoms with E-state index in [9.17, 15) is 4.79 Å². The lowest BCUT2D eigenvalue weighted by atomic mass is 10.1. The summed E-state index contributed by atoms with van der Waals surface area (Å²) in [5.74, 6) is 0.842. The van der Waals surface area contributed by atoms with E-state index in [1.54, 1.807) is 6.92 Å². The lowest BCUT2D eigenvalue weighted by Crippen LogP contribution is -2.07. The molecule has 3 aromatic rings. The predicted octanol–water partition coefficient (Wildman–Crippen LogP) is 3.29. The molecule has 0 aliphatic heterocycles. The Kier molecular flexibility index (Phi) is 6.27. The van der Waals surface area contributed by atoms with Gasteiger partial charge in [0.2, 0.25) is 0 Å². The van der Waals surface area contributed by atoms with Crippen LogP contribution in [0.4, 0.5) is 0 Å². The van der Waals surface area contributed by atoms with Crippen molar-refractivity contribution in [3.05, 3.63) is 65.9 Å². The Hall–Kier alpha value is -2.63. The van der Waals surface area contributed by atoms with Crippen molar-refractivity contribution in [1.82, 2.24) is 4.57 Å². The monoisotopic (exact) mass is 367 g/mol. The maximum atomic E-state index is 11.7. The Balaban J connectivity index is 1.85. The molecule has 0 fully saturated rings. The molecule has 2 N–H and O–H groups in total. The molecule has 142 valence electrons. The summed E-state index contributed by atoms with van der Waals surface area (Å²) < 4.78 is 7.90. The van der Waals surface area contributed by atoms with Crippen LogP contribution in [-0.2, 0) is 17.8 Å². The van der Waals surface area contributed by atoms with Gasteiger partial charge in [-0.25, -0.2) is 0 Å². The molecule has 0 spiro atoms. The number of hydrogen-bond donors (Lipinski definition) is 2. The van der Waals surface area contributed by atoms with E-state index in [4.69, 9.17) is 14.9 Å². The SMILES string of the molecule is CC(=O)Cc1cn(Cc2ccccc2)c2ccc(OCCCC(O)O)cc12. The van der Waals surface area contributed by atoms with Gasteiger partial charge in [-0.1, -0.05) is 30.3 Å². The molecule has 2 aromatic carbocycles. The minimum Gasteiger partial charge on any atom is -0.494 e. The molecule has 5 nitrogen and oxygen atoms in total. The van der Waals surface area contributed by atoms with Gasteiger partial charge < -0.3 is 19.5 Å². The third kappa shape index (κ3) is 5.18. The van der Waals surface area contributed by atoms with Crippen molar-refractivity contribution in [3.63, 3.8) is 0 Å². The van der Waals surface area contributed by atoms with Crippen molar-refractivity contribution in [3.8, 4) is 5.75 Å². The molecule has 0 atom stereocenters. The van der Waals surface area contributed by atoms with Gasteiger partial charge in [-0.3, -0.25) is 4.79 Å². The fraction of sp³-hybridized carbons (Fsp3) is 0.318. The Bertz CT molecular complexity index is 899. The standard InChI is InChI=1S/C22H25NO4/c1-16(24)12-18-15-23(14-17-6-3-2-4-7-17)21-10-9-19(13-20(18)21)27-11-5-8-22(25)26/h2-4,6-7,9-10,13,15,22,25-26H,5,8,11-12,14H2,1H3. The Labute approximate surface area is 158 Å². The zero-order valence-corrected chi connectivity index (χ0v) is 15.5. The van der Waals surface area contributed by atoms with E-state index in [0.29, 0.717) is 19.4 Å². The molecule has 27 heavy (non-hydrogen) atoms. The maximum Gasteiger partial charge on any atom is 0.151 e. The van der Waals surface area contributed by atoms with Crippen LogP contribution in [0.1, 0.15) is 30.9 Å². The van der Waals surface area contributed by atoms with Gasteiger partial charge in [0.15, 0.2) is 6.29 Å². The summed E-state index contributed by atoms with van der Waals surface area (Å²) in [6, 6.07) is 16.1. The van der Waals surface area contributed by atoms with E-state index in [0.717, 1.165) is 28.8 Å². The van der Waals surface area contributed by atoms with Crippen LogP contribution in [0.25, 0.3) is 10.9 Å². The second kappa shape index (κ2) is 8.84. The number of Topliss-reactive ketones (excluding diaryl/α,β-unsaturated/α-hetero) is 1. The number of fused-ring (bicyclic) bond motifs is 1. The van der Waals surface area contributed by atoms with Crippen LogP contribution in [0.2, 0.25) is 0 Å². The van der Waals surface area contributed by atoms with Gasteiger partial charge in [0.05, 0.1) is 6.61 Å². The smallest absolute Gasteiger partial charge is 0.151 e. The largest absolute Gasteiger partial charge is 0.494 e. The normalized spacial score (nSPS) is 11.3. The average molecular weight is 367 g/mol. The van der Waals surface area contributed by atoms with E-state index < -0.39 is 6.29 Å². The summed E-state index contributed by atoms with van der Waals surface area (Å²) in [6.45, 7) is 2.75. The van der Waals surface area contributed by atoms with Gasteiger partial charge >= 0.3 is 0 Å². The summed E-state index contributed by atoms with van der Waals surface area (Å²) in [4.78, 5) is 11.7. The number of rotatable bonds is 9. The molecule has 0 saturated carbocycles. The van der Waals surface area contributed by atoms with Crippen LogP contribution < -0.4 is 4.74 Å². The second-order valence-electron chi connectivity index (χ2n) is 6.80. The zero-order chi connectivity index (χ0) is 19.2. The first-order valence-electron chi connectivity index (χ1n) is 9.17. The molecule has 0 bridgehead atoms. The molecular formula is C22H25NO4. The first kappa shape index (κ1) is 19.1. The number of carbonyl (C=O) groups excluding carboxylic acids is 1. The highest BCUT2D eigenvalue weighted by atomic mass is 16.5. The van der Waals surface area contributed by atoms with Gasteiger partial charge in [-0.05, 0) is 42.7 Å². The molecular weight excluding hydrogens is 342 g/mol. The lowest BCUT2D eigenvalue weighted by Gasteiger charge is -2.09. The highest BCUT2D eigenvalue weighted by molar-refractivity contribution is 5.90. The molecule has 0 radical (unpaired) electrons. The molecule has 3 rings (SSSR count).